The number of carbonyl (C=O) groups excluding carboxylic acids is 4. The molecule has 0 spiro atoms. The summed E-state index contributed by atoms with van der Waals surface area (Å²) in [6.45, 7) is 1.91. The number of fused-ring (bicyclic) bond motifs is 2. The summed E-state index contributed by atoms with van der Waals surface area (Å²) in [4.78, 5) is 51.8. The quantitative estimate of drug-likeness (QED) is 0.403. The SMILES string of the molecule is CC(=O)N1C[C@@H](C(=O)OCCCCN2C(=O)c3ccccc3C2=O)Oc2ccccc21. The van der Waals surface area contributed by atoms with E-state index >= 15 is 0 Å². The normalized spacial score (nSPS) is 17.1. The third kappa shape index (κ3) is 4.01. The van der Waals surface area contributed by atoms with E-state index in [1.165, 1.54) is 16.7 Å². The maximum Gasteiger partial charge on any atom is 0.349 e. The number of para-hydroxylation sites is 2. The summed E-state index contributed by atoms with van der Waals surface area (Å²) in [5, 5.41) is 0. The molecular formula is C23H22N2O6. The summed E-state index contributed by atoms with van der Waals surface area (Å²) in [5.74, 6) is -0.875. The van der Waals surface area contributed by atoms with E-state index in [0.717, 1.165) is 0 Å². The standard InChI is InChI=1S/C23H22N2O6/c1-15(26)25-14-20(31-19-11-5-4-10-18(19)25)23(29)30-13-7-6-12-24-21(27)16-8-2-3-9-17(16)22(24)28/h2-5,8-11,20H,6-7,12-14H2,1H3/t20-/m0/s1. The largest absolute Gasteiger partial charge is 0.475 e. The number of imide groups is 1. The molecule has 2 heterocycles. The predicted octanol–water partition coefficient (Wildman–Crippen LogP) is 2.42. The van der Waals surface area contributed by atoms with E-state index in [0.29, 0.717) is 35.4 Å². The number of unbranched alkanes of at least 4 members (excludes halogenated alkanes) is 1. The van der Waals surface area contributed by atoms with Gasteiger partial charge in [0.1, 0.15) is 5.75 Å². The molecule has 2 aromatic rings. The first-order chi connectivity index (χ1) is 15.0. The molecule has 0 saturated carbocycles. The van der Waals surface area contributed by atoms with Crippen molar-refractivity contribution in [3.05, 3.63) is 59.7 Å². The molecule has 2 aromatic carbocycles. The molecule has 2 aliphatic rings. The van der Waals surface area contributed by atoms with E-state index in [9.17, 15) is 19.2 Å². The van der Waals surface area contributed by atoms with Crippen molar-refractivity contribution in [2.75, 3.05) is 24.6 Å². The number of hydrogen-bond donors (Lipinski definition) is 0. The lowest BCUT2D eigenvalue weighted by molar-refractivity contribution is -0.152. The molecular weight excluding hydrogens is 400 g/mol. The average molecular weight is 422 g/mol. The minimum absolute atomic E-state index is 0.0836. The van der Waals surface area contributed by atoms with Crippen molar-refractivity contribution < 1.29 is 28.7 Å². The Labute approximate surface area is 179 Å². The van der Waals surface area contributed by atoms with Gasteiger partial charge >= 0.3 is 5.97 Å². The predicted molar refractivity (Wildman–Crippen MR) is 111 cm³/mol. The fraction of sp³-hybridized carbons (Fsp3) is 0.304. The van der Waals surface area contributed by atoms with Crippen molar-refractivity contribution >= 4 is 29.4 Å². The van der Waals surface area contributed by atoms with Crippen LogP contribution in [0.15, 0.2) is 48.5 Å². The molecule has 3 amide bonds. The minimum atomic E-state index is -0.907. The molecule has 0 radical (unpaired) electrons. The Morgan fingerprint density at radius 2 is 1.65 bits per heavy atom. The van der Waals surface area contributed by atoms with Crippen molar-refractivity contribution in [2.24, 2.45) is 0 Å². The molecule has 0 fully saturated rings. The first-order valence-electron chi connectivity index (χ1n) is 10.1. The number of carbonyl (C=O) groups is 4. The Hall–Kier alpha value is -3.68. The van der Waals surface area contributed by atoms with Crippen LogP contribution < -0.4 is 9.64 Å². The highest BCUT2D eigenvalue weighted by atomic mass is 16.6. The molecule has 8 nitrogen and oxygen atoms in total. The van der Waals surface area contributed by atoms with Crippen molar-refractivity contribution in [3.8, 4) is 5.75 Å². The Balaban J connectivity index is 1.26. The molecule has 4 rings (SSSR count). The van der Waals surface area contributed by atoms with Gasteiger partial charge in [0.15, 0.2) is 0 Å². The zero-order valence-corrected chi connectivity index (χ0v) is 17.1. The van der Waals surface area contributed by atoms with Crippen LogP contribution in [-0.2, 0) is 14.3 Å². The number of nitrogens with zero attached hydrogens (tertiary/aromatic N) is 2. The highest BCUT2D eigenvalue weighted by Gasteiger charge is 2.35. The molecule has 1 atom stereocenters. The topological polar surface area (TPSA) is 93.2 Å². The summed E-state index contributed by atoms with van der Waals surface area (Å²) >= 11 is 0. The highest BCUT2D eigenvalue weighted by Crippen LogP contribution is 2.33. The zero-order chi connectivity index (χ0) is 22.0. The molecule has 0 bridgehead atoms. The van der Waals surface area contributed by atoms with Gasteiger partial charge in [0.2, 0.25) is 12.0 Å². The van der Waals surface area contributed by atoms with Crippen molar-refractivity contribution in [3.63, 3.8) is 0 Å². The average Bonchev–Trinajstić information content (AvgIpc) is 3.02. The van der Waals surface area contributed by atoms with E-state index < -0.39 is 12.1 Å². The summed E-state index contributed by atoms with van der Waals surface area (Å²) in [6.07, 6.45) is 0.0842. The van der Waals surface area contributed by atoms with Gasteiger partial charge in [-0.15, -0.1) is 0 Å². The lowest BCUT2D eigenvalue weighted by atomic mass is 10.1. The maximum atomic E-state index is 12.4. The van der Waals surface area contributed by atoms with E-state index in [1.807, 2.05) is 0 Å². The Bertz CT molecular complexity index is 1010. The third-order valence-corrected chi connectivity index (χ3v) is 5.32. The fourth-order valence-electron chi connectivity index (χ4n) is 3.74. The van der Waals surface area contributed by atoms with Gasteiger partial charge in [-0.1, -0.05) is 24.3 Å². The van der Waals surface area contributed by atoms with Crippen molar-refractivity contribution in [1.82, 2.24) is 4.90 Å². The van der Waals surface area contributed by atoms with Crippen LogP contribution in [0.5, 0.6) is 5.75 Å². The van der Waals surface area contributed by atoms with Gasteiger partial charge in [0, 0.05) is 13.5 Å². The van der Waals surface area contributed by atoms with Gasteiger partial charge in [-0.2, -0.15) is 0 Å². The highest BCUT2D eigenvalue weighted by molar-refractivity contribution is 6.21. The van der Waals surface area contributed by atoms with Gasteiger partial charge in [-0.25, -0.2) is 4.79 Å². The zero-order valence-electron chi connectivity index (χ0n) is 17.1. The minimum Gasteiger partial charge on any atom is -0.475 e. The fourth-order valence-corrected chi connectivity index (χ4v) is 3.74. The summed E-state index contributed by atoms with van der Waals surface area (Å²) in [5.41, 5.74) is 1.47. The molecule has 0 saturated heterocycles. The van der Waals surface area contributed by atoms with Crippen molar-refractivity contribution in [2.45, 2.75) is 25.9 Å². The van der Waals surface area contributed by atoms with Crippen LogP contribution in [0.2, 0.25) is 0 Å². The Morgan fingerprint density at radius 3 is 2.32 bits per heavy atom. The van der Waals surface area contributed by atoms with E-state index in [-0.39, 0.29) is 37.4 Å². The smallest absolute Gasteiger partial charge is 0.349 e. The number of amides is 3. The Kier molecular flexibility index (Phi) is 5.70. The van der Waals surface area contributed by atoms with Crippen LogP contribution in [0.3, 0.4) is 0 Å². The first kappa shape index (κ1) is 20.6. The number of esters is 1. The summed E-state index contributed by atoms with van der Waals surface area (Å²) in [7, 11) is 0. The summed E-state index contributed by atoms with van der Waals surface area (Å²) < 4.78 is 11.0. The van der Waals surface area contributed by atoms with Gasteiger partial charge < -0.3 is 14.4 Å². The van der Waals surface area contributed by atoms with Crippen LogP contribution in [0.4, 0.5) is 5.69 Å². The van der Waals surface area contributed by atoms with Crippen LogP contribution in [0.1, 0.15) is 40.5 Å². The Morgan fingerprint density at radius 1 is 1.00 bits per heavy atom. The van der Waals surface area contributed by atoms with Gasteiger partial charge in [0.05, 0.1) is 30.0 Å². The lowest BCUT2D eigenvalue weighted by Crippen LogP contribution is -2.47. The number of hydrogen-bond acceptors (Lipinski definition) is 6. The second kappa shape index (κ2) is 8.59. The van der Waals surface area contributed by atoms with E-state index in [4.69, 9.17) is 9.47 Å². The second-order valence-corrected chi connectivity index (χ2v) is 7.39. The molecule has 31 heavy (non-hydrogen) atoms. The van der Waals surface area contributed by atoms with Crippen molar-refractivity contribution in [1.29, 1.82) is 0 Å². The molecule has 0 aromatic heterocycles. The van der Waals surface area contributed by atoms with Crippen LogP contribution in [0.25, 0.3) is 0 Å². The van der Waals surface area contributed by atoms with Crippen LogP contribution in [0, 0.1) is 0 Å². The number of rotatable bonds is 6. The molecule has 2 aliphatic heterocycles. The first-order valence-corrected chi connectivity index (χ1v) is 10.1. The molecule has 0 unspecified atom stereocenters. The number of anilines is 1. The van der Waals surface area contributed by atoms with Gasteiger partial charge in [0.25, 0.3) is 11.8 Å². The van der Waals surface area contributed by atoms with Crippen LogP contribution >= 0.6 is 0 Å². The third-order valence-electron chi connectivity index (χ3n) is 5.32. The van der Waals surface area contributed by atoms with Gasteiger partial charge in [-0.05, 0) is 37.1 Å². The lowest BCUT2D eigenvalue weighted by Gasteiger charge is -2.33. The summed E-state index contributed by atoms with van der Waals surface area (Å²) in [6, 6.07) is 13.8. The van der Waals surface area contributed by atoms with E-state index in [1.54, 1.807) is 48.5 Å². The van der Waals surface area contributed by atoms with Crippen LogP contribution in [-0.4, -0.2) is 54.4 Å². The monoisotopic (exact) mass is 422 g/mol. The second-order valence-electron chi connectivity index (χ2n) is 7.39. The molecule has 160 valence electrons. The molecule has 0 aliphatic carbocycles. The molecule has 8 heteroatoms. The number of benzene rings is 2. The number of ether oxygens (including phenoxy) is 2. The van der Waals surface area contributed by atoms with Gasteiger partial charge in [-0.3, -0.25) is 19.3 Å². The maximum absolute atomic E-state index is 12.4. The van der Waals surface area contributed by atoms with E-state index in [2.05, 4.69) is 0 Å². The molecule has 0 N–H and O–H groups in total.